The van der Waals surface area contributed by atoms with Crippen molar-refractivity contribution < 1.29 is 23.2 Å². The second-order valence-corrected chi connectivity index (χ2v) is 8.72. The summed E-state index contributed by atoms with van der Waals surface area (Å²) in [6, 6.07) is 5.54. The summed E-state index contributed by atoms with van der Waals surface area (Å²) < 4.78 is 27.1. The molecule has 0 fully saturated rings. The lowest BCUT2D eigenvalue weighted by atomic mass is 10.0. The Morgan fingerprint density at radius 3 is 1.79 bits per heavy atom. The number of nitrogens with zero attached hydrogens (tertiary/aromatic N) is 1. The molecule has 0 aliphatic carbocycles. The molecule has 0 aliphatic rings. The van der Waals surface area contributed by atoms with Crippen LogP contribution < -0.4 is 4.74 Å². The molecule has 2 atom stereocenters. The maximum absolute atomic E-state index is 11.9. The number of hydrogen-bond acceptors (Lipinski definition) is 5. The van der Waals surface area contributed by atoms with Gasteiger partial charge in [-0.1, -0.05) is 72.3 Å². The summed E-state index contributed by atoms with van der Waals surface area (Å²) in [6.07, 6.45) is 10.3. The fraction of sp³-hybridized carbons (Fsp3) is 0.773. The minimum Gasteiger partial charge on any atom is -0.481 e. The predicted octanol–water partition coefficient (Wildman–Crippen LogP) is 6.64. The zero-order chi connectivity index (χ0) is 22.0. The smallest absolute Gasteiger partial charge is 0.472 e. The number of phosphoric acid groups is 1. The molecule has 1 heterocycles. The molecule has 0 amide bonds. The number of pyridine rings is 1. The number of phosphoric ester groups is 1. The van der Waals surface area contributed by atoms with Crippen molar-refractivity contribution in [3.05, 3.63) is 24.4 Å². The maximum Gasteiger partial charge on any atom is 0.472 e. The highest BCUT2D eigenvalue weighted by atomic mass is 31.2. The first-order chi connectivity index (χ1) is 13.9. The Morgan fingerprint density at radius 2 is 1.48 bits per heavy atom. The molecule has 0 saturated carbocycles. The van der Waals surface area contributed by atoms with Crippen LogP contribution in [0.1, 0.15) is 79.1 Å². The van der Waals surface area contributed by atoms with E-state index in [0.717, 1.165) is 51.4 Å². The van der Waals surface area contributed by atoms with E-state index in [-0.39, 0.29) is 0 Å². The molecule has 0 aliphatic heterocycles. The minimum atomic E-state index is -3.89. The normalized spacial score (nSPS) is 15.0. The van der Waals surface area contributed by atoms with Crippen LogP contribution in [0.4, 0.5) is 0 Å². The lowest BCUT2D eigenvalue weighted by Gasteiger charge is -2.20. The average molecular weight is 432 g/mol. The minimum absolute atomic E-state index is 0.316. The Labute approximate surface area is 178 Å². The topological polar surface area (TPSA) is 77.9 Å². The molecule has 0 aromatic carbocycles. The van der Waals surface area contributed by atoms with Crippen LogP contribution in [0, 0.1) is 11.8 Å². The number of ether oxygens (including phenoxy) is 1. The molecular formula is C22H42NO5P. The van der Waals surface area contributed by atoms with Gasteiger partial charge in [0, 0.05) is 12.3 Å². The average Bonchev–Trinajstić information content (AvgIpc) is 2.75. The monoisotopic (exact) mass is 431 g/mol. The molecule has 0 saturated heterocycles. The van der Waals surface area contributed by atoms with Crippen LogP contribution in [0.15, 0.2) is 24.4 Å². The van der Waals surface area contributed by atoms with Crippen LogP contribution in [0.2, 0.25) is 0 Å². The van der Waals surface area contributed by atoms with Gasteiger partial charge in [0.25, 0.3) is 0 Å². The quantitative estimate of drug-likeness (QED) is 0.314. The zero-order valence-corrected chi connectivity index (χ0v) is 19.9. The van der Waals surface area contributed by atoms with Gasteiger partial charge in [-0.05, 0) is 30.7 Å². The standard InChI is InChI=1S/C16H35O4P.C6H7NO/c1-5-9-11-15(7-3)13-19-21(17,18)20-14-16(8-4)12-10-6-2;1-8-6-4-2-3-5-7-6/h15-16H,5-14H2,1-4H3,(H,17,18);2-5H,1H3. The first-order valence-corrected chi connectivity index (χ1v) is 12.5. The third kappa shape index (κ3) is 15.5. The Morgan fingerprint density at radius 1 is 0.966 bits per heavy atom. The van der Waals surface area contributed by atoms with Crippen molar-refractivity contribution in [3.8, 4) is 5.88 Å². The van der Waals surface area contributed by atoms with E-state index in [0.29, 0.717) is 30.9 Å². The zero-order valence-electron chi connectivity index (χ0n) is 19.0. The molecule has 1 aromatic rings. The summed E-state index contributed by atoms with van der Waals surface area (Å²) in [5, 5.41) is 0. The highest BCUT2D eigenvalue weighted by Gasteiger charge is 2.24. The third-order valence-electron chi connectivity index (χ3n) is 4.88. The largest absolute Gasteiger partial charge is 0.481 e. The first-order valence-electron chi connectivity index (χ1n) is 11.0. The van der Waals surface area contributed by atoms with Gasteiger partial charge in [0.05, 0.1) is 20.3 Å². The summed E-state index contributed by atoms with van der Waals surface area (Å²) in [4.78, 5) is 13.6. The molecule has 29 heavy (non-hydrogen) atoms. The van der Waals surface area contributed by atoms with Gasteiger partial charge in [-0.25, -0.2) is 9.55 Å². The van der Waals surface area contributed by atoms with Crippen LogP contribution >= 0.6 is 7.82 Å². The van der Waals surface area contributed by atoms with E-state index >= 15 is 0 Å². The van der Waals surface area contributed by atoms with Crippen LogP contribution in [0.25, 0.3) is 0 Å². The highest BCUT2D eigenvalue weighted by Crippen LogP contribution is 2.44. The molecule has 6 nitrogen and oxygen atoms in total. The Balaban J connectivity index is 0.000000807. The number of unbranched alkanes of at least 4 members (excludes halogenated alkanes) is 2. The molecule has 0 bridgehead atoms. The van der Waals surface area contributed by atoms with Gasteiger partial charge in [-0.2, -0.15) is 0 Å². The van der Waals surface area contributed by atoms with Crippen LogP contribution in [-0.4, -0.2) is 30.2 Å². The summed E-state index contributed by atoms with van der Waals surface area (Å²) in [6.45, 7) is 9.10. The van der Waals surface area contributed by atoms with Crippen LogP contribution in [0.3, 0.4) is 0 Å². The molecule has 7 heteroatoms. The van der Waals surface area contributed by atoms with Crippen LogP contribution in [0.5, 0.6) is 5.88 Å². The maximum atomic E-state index is 11.9. The van der Waals surface area contributed by atoms with Gasteiger partial charge < -0.3 is 9.63 Å². The second-order valence-electron chi connectivity index (χ2n) is 7.27. The van der Waals surface area contributed by atoms with Crippen molar-refractivity contribution in [2.75, 3.05) is 20.3 Å². The molecule has 1 aromatic heterocycles. The SMILES string of the molecule is CCCCC(CC)COP(=O)(O)OCC(CC)CCCC.COc1ccccn1. The van der Waals surface area contributed by atoms with Gasteiger partial charge in [-0.3, -0.25) is 9.05 Å². The molecule has 170 valence electrons. The Hall–Kier alpha value is -0.940. The lowest BCUT2D eigenvalue weighted by molar-refractivity contribution is 0.110. The van der Waals surface area contributed by atoms with Gasteiger partial charge in [0.2, 0.25) is 5.88 Å². The van der Waals surface area contributed by atoms with Crippen molar-refractivity contribution in [1.82, 2.24) is 4.98 Å². The Kier molecular flexibility index (Phi) is 17.3. The van der Waals surface area contributed by atoms with Gasteiger partial charge in [-0.15, -0.1) is 0 Å². The fourth-order valence-corrected chi connectivity index (χ4v) is 3.57. The highest BCUT2D eigenvalue weighted by molar-refractivity contribution is 7.47. The van der Waals surface area contributed by atoms with E-state index in [1.54, 1.807) is 19.4 Å². The van der Waals surface area contributed by atoms with Crippen molar-refractivity contribution in [2.24, 2.45) is 11.8 Å². The molecule has 0 radical (unpaired) electrons. The number of methoxy groups -OCH3 is 1. The summed E-state index contributed by atoms with van der Waals surface area (Å²) in [5.74, 6) is 1.35. The number of hydrogen-bond donors (Lipinski definition) is 1. The van der Waals surface area contributed by atoms with Crippen LogP contribution in [-0.2, 0) is 13.6 Å². The van der Waals surface area contributed by atoms with Crippen molar-refractivity contribution in [3.63, 3.8) is 0 Å². The van der Waals surface area contributed by atoms with Crippen molar-refractivity contribution in [2.45, 2.75) is 79.1 Å². The summed E-state index contributed by atoms with van der Waals surface area (Å²) >= 11 is 0. The van der Waals surface area contributed by atoms with Crippen molar-refractivity contribution >= 4 is 7.82 Å². The van der Waals surface area contributed by atoms with E-state index in [4.69, 9.17) is 13.8 Å². The lowest BCUT2D eigenvalue weighted by Crippen LogP contribution is -2.12. The first kappa shape index (κ1) is 28.1. The summed E-state index contributed by atoms with van der Waals surface area (Å²) in [5.41, 5.74) is 0. The summed E-state index contributed by atoms with van der Waals surface area (Å²) in [7, 11) is -2.29. The predicted molar refractivity (Wildman–Crippen MR) is 119 cm³/mol. The van der Waals surface area contributed by atoms with E-state index in [2.05, 4.69) is 32.7 Å². The molecule has 2 unspecified atom stereocenters. The van der Waals surface area contributed by atoms with E-state index in [1.807, 2.05) is 12.1 Å². The molecule has 1 rings (SSSR count). The number of rotatable bonds is 15. The van der Waals surface area contributed by atoms with E-state index in [1.165, 1.54) is 0 Å². The van der Waals surface area contributed by atoms with Gasteiger partial charge in [0.1, 0.15) is 0 Å². The fourth-order valence-electron chi connectivity index (χ4n) is 2.70. The van der Waals surface area contributed by atoms with E-state index < -0.39 is 7.82 Å². The Bertz CT molecular complexity index is 505. The second kappa shape index (κ2) is 17.9. The van der Waals surface area contributed by atoms with Crippen molar-refractivity contribution in [1.29, 1.82) is 0 Å². The molecular weight excluding hydrogens is 389 g/mol. The number of aromatic nitrogens is 1. The molecule has 0 spiro atoms. The third-order valence-corrected chi connectivity index (χ3v) is 5.83. The van der Waals surface area contributed by atoms with Gasteiger partial charge >= 0.3 is 7.82 Å². The van der Waals surface area contributed by atoms with Gasteiger partial charge in [0.15, 0.2) is 0 Å². The van der Waals surface area contributed by atoms with E-state index in [9.17, 15) is 9.46 Å². The molecule has 1 N–H and O–H groups in total.